The molecule has 0 aliphatic carbocycles. The molecule has 3 aromatic rings. The zero-order chi connectivity index (χ0) is 20.4. The summed E-state index contributed by atoms with van der Waals surface area (Å²) in [6.45, 7) is 3.18. The minimum absolute atomic E-state index is 0.164. The van der Waals surface area contributed by atoms with Crippen LogP contribution in [0.2, 0.25) is 0 Å². The minimum Gasteiger partial charge on any atom is -0.480 e. The summed E-state index contributed by atoms with van der Waals surface area (Å²) < 4.78 is 5.80. The van der Waals surface area contributed by atoms with E-state index >= 15 is 0 Å². The molecule has 0 saturated carbocycles. The second-order valence-electron chi connectivity index (χ2n) is 6.58. The zero-order valence-electron chi connectivity index (χ0n) is 15.3. The SMILES string of the molecule is Cc1ccc2oc(-c3ccc(C(=O)NC(C(=O)O)C(C)O)cc3)cc(=O)c2c1. The molecule has 7 heteroatoms. The number of carboxylic acid groups (broad SMARTS) is 1. The van der Waals surface area contributed by atoms with Gasteiger partial charge in [-0.3, -0.25) is 9.59 Å². The third-order valence-corrected chi connectivity index (χ3v) is 4.35. The predicted molar refractivity (Wildman–Crippen MR) is 103 cm³/mol. The first-order valence-corrected chi connectivity index (χ1v) is 8.63. The maximum atomic E-state index is 12.3. The van der Waals surface area contributed by atoms with Crippen molar-refractivity contribution in [1.82, 2.24) is 5.32 Å². The average molecular weight is 381 g/mol. The predicted octanol–water partition coefficient (Wildman–Crippen LogP) is 2.33. The lowest BCUT2D eigenvalue weighted by molar-refractivity contribution is -0.141. The summed E-state index contributed by atoms with van der Waals surface area (Å²) in [7, 11) is 0. The highest BCUT2D eigenvalue weighted by atomic mass is 16.4. The van der Waals surface area contributed by atoms with Crippen molar-refractivity contribution in [2.45, 2.75) is 26.0 Å². The number of aliphatic hydroxyl groups excluding tert-OH is 1. The Balaban J connectivity index is 1.87. The van der Waals surface area contributed by atoms with Crippen LogP contribution in [0.15, 0.2) is 57.7 Å². The number of carbonyl (C=O) groups is 2. The Bertz CT molecular complexity index is 1100. The fourth-order valence-corrected chi connectivity index (χ4v) is 2.81. The van der Waals surface area contributed by atoms with E-state index in [9.17, 15) is 19.5 Å². The van der Waals surface area contributed by atoms with Gasteiger partial charge in [0.1, 0.15) is 11.3 Å². The molecule has 2 atom stereocenters. The molecule has 3 rings (SSSR count). The van der Waals surface area contributed by atoms with Gasteiger partial charge in [-0.15, -0.1) is 0 Å². The van der Waals surface area contributed by atoms with Crippen LogP contribution in [0.1, 0.15) is 22.8 Å². The standard InChI is InChI=1S/C21H19NO6/c1-11-3-8-17-15(9-11)16(24)10-18(28-17)13-4-6-14(7-5-13)20(25)22-19(12(2)23)21(26)27/h3-10,12,19,23H,1-2H3,(H,22,25)(H,26,27). The first-order valence-electron chi connectivity index (χ1n) is 8.63. The first-order chi connectivity index (χ1) is 13.3. The number of carboxylic acids is 1. The molecule has 1 amide bonds. The molecular weight excluding hydrogens is 362 g/mol. The lowest BCUT2D eigenvalue weighted by atomic mass is 10.1. The Morgan fingerprint density at radius 2 is 1.75 bits per heavy atom. The van der Waals surface area contributed by atoms with Crippen LogP contribution in [0.4, 0.5) is 0 Å². The molecule has 0 bridgehead atoms. The number of nitrogens with one attached hydrogen (secondary N) is 1. The fourth-order valence-electron chi connectivity index (χ4n) is 2.81. The van der Waals surface area contributed by atoms with E-state index < -0.39 is 24.0 Å². The monoisotopic (exact) mass is 381 g/mol. The molecular formula is C21H19NO6. The molecule has 1 heterocycles. The van der Waals surface area contributed by atoms with Crippen molar-refractivity contribution >= 4 is 22.8 Å². The molecule has 0 saturated heterocycles. The lowest BCUT2D eigenvalue weighted by Crippen LogP contribution is -2.47. The lowest BCUT2D eigenvalue weighted by Gasteiger charge is -2.17. The second-order valence-corrected chi connectivity index (χ2v) is 6.58. The fraction of sp³-hybridized carbons (Fsp3) is 0.190. The number of rotatable bonds is 5. The number of hydrogen-bond donors (Lipinski definition) is 3. The molecule has 0 radical (unpaired) electrons. The molecule has 144 valence electrons. The topological polar surface area (TPSA) is 117 Å². The van der Waals surface area contributed by atoms with Crippen LogP contribution in [0.3, 0.4) is 0 Å². The summed E-state index contributed by atoms with van der Waals surface area (Å²) in [5.74, 6) is -1.59. The molecule has 0 fully saturated rings. The van der Waals surface area contributed by atoms with E-state index in [0.717, 1.165) is 5.56 Å². The van der Waals surface area contributed by atoms with Crippen molar-refractivity contribution in [3.63, 3.8) is 0 Å². The van der Waals surface area contributed by atoms with Crippen LogP contribution in [-0.2, 0) is 4.79 Å². The van der Waals surface area contributed by atoms with E-state index in [4.69, 9.17) is 9.52 Å². The summed E-state index contributed by atoms with van der Waals surface area (Å²) in [6, 6.07) is 11.5. The number of fused-ring (bicyclic) bond motifs is 1. The van der Waals surface area contributed by atoms with Gasteiger partial charge in [0.25, 0.3) is 5.91 Å². The van der Waals surface area contributed by atoms with Gasteiger partial charge in [0, 0.05) is 17.2 Å². The zero-order valence-corrected chi connectivity index (χ0v) is 15.3. The molecule has 1 aromatic heterocycles. The van der Waals surface area contributed by atoms with Gasteiger partial charge >= 0.3 is 5.97 Å². The van der Waals surface area contributed by atoms with Crippen molar-refractivity contribution < 1.29 is 24.2 Å². The maximum Gasteiger partial charge on any atom is 0.328 e. The van der Waals surface area contributed by atoms with Gasteiger partial charge in [0.2, 0.25) is 0 Å². The van der Waals surface area contributed by atoms with E-state index in [1.807, 2.05) is 13.0 Å². The number of amides is 1. The highest BCUT2D eigenvalue weighted by Crippen LogP contribution is 2.23. The molecule has 0 aliphatic heterocycles. The smallest absolute Gasteiger partial charge is 0.328 e. The van der Waals surface area contributed by atoms with Gasteiger partial charge in [-0.25, -0.2) is 4.79 Å². The third-order valence-electron chi connectivity index (χ3n) is 4.35. The van der Waals surface area contributed by atoms with Crippen molar-refractivity contribution in [2.75, 3.05) is 0 Å². The number of aryl methyl sites for hydroxylation is 1. The quantitative estimate of drug-likeness (QED) is 0.624. The summed E-state index contributed by atoms with van der Waals surface area (Å²) >= 11 is 0. The van der Waals surface area contributed by atoms with E-state index in [-0.39, 0.29) is 11.0 Å². The Kier molecular flexibility index (Phi) is 5.28. The summed E-state index contributed by atoms with van der Waals surface area (Å²) in [5.41, 5.74) is 2.08. The number of aliphatic hydroxyl groups is 1. The number of hydrogen-bond acceptors (Lipinski definition) is 5. The third kappa shape index (κ3) is 3.94. The minimum atomic E-state index is -1.41. The molecule has 2 aromatic carbocycles. The van der Waals surface area contributed by atoms with Crippen molar-refractivity contribution in [3.8, 4) is 11.3 Å². The molecule has 0 spiro atoms. The van der Waals surface area contributed by atoms with Crippen LogP contribution in [0, 0.1) is 6.92 Å². The maximum absolute atomic E-state index is 12.3. The summed E-state index contributed by atoms with van der Waals surface area (Å²) in [4.78, 5) is 35.6. The van der Waals surface area contributed by atoms with Crippen LogP contribution >= 0.6 is 0 Å². The van der Waals surface area contributed by atoms with Gasteiger partial charge in [-0.05, 0) is 38.1 Å². The van der Waals surface area contributed by atoms with Crippen molar-refractivity contribution in [1.29, 1.82) is 0 Å². The van der Waals surface area contributed by atoms with E-state index in [1.54, 1.807) is 24.3 Å². The largest absolute Gasteiger partial charge is 0.480 e. The highest BCUT2D eigenvalue weighted by molar-refractivity contribution is 5.97. The average Bonchev–Trinajstić information content (AvgIpc) is 2.66. The Morgan fingerprint density at radius 1 is 1.07 bits per heavy atom. The van der Waals surface area contributed by atoms with Crippen molar-refractivity contribution in [2.24, 2.45) is 0 Å². The summed E-state index contributed by atoms with van der Waals surface area (Å²) in [6.07, 6.45) is -1.24. The number of carbonyl (C=O) groups excluding carboxylic acids is 1. The first kappa shape index (κ1) is 19.3. The number of aliphatic carboxylic acids is 1. The van der Waals surface area contributed by atoms with Crippen LogP contribution in [-0.4, -0.2) is 34.2 Å². The van der Waals surface area contributed by atoms with Crippen LogP contribution in [0.25, 0.3) is 22.3 Å². The van der Waals surface area contributed by atoms with Crippen molar-refractivity contribution in [3.05, 3.63) is 69.9 Å². The van der Waals surface area contributed by atoms with E-state index in [1.165, 1.54) is 25.1 Å². The van der Waals surface area contributed by atoms with Crippen LogP contribution < -0.4 is 10.7 Å². The van der Waals surface area contributed by atoms with Gasteiger partial charge in [-0.2, -0.15) is 0 Å². The van der Waals surface area contributed by atoms with Gasteiger partial charge < -0.3 is 19.9 Å². The van der Waals surface area contributed by atoms with E-state index in [0.29, 0.717) is 22.3 Å². The molecule has 2 unspecified atom stereocenters. The second kappa shape index (κ2) is 7.66. The molecule has 0 aliphatic rings. The number of benzene rings is 2. The molecule has 3 N–H and O–H groups in total. The highest BCUT2D eigenvalue weighted by Gasteiger charge is 2.25. The van der Waals surface area contributed by atoms with Gasteiger partial charge in [0.05, 0.1) is 11.5 Å². The summed E-state index contributed by atoms with van der Waals surface area (Å²) in [5, 5.41) is 21.3. The molecule has 28 heavy (non-hydrogen) atoms. The normalized spacial score (nSPS) is 13.1. The Hall–Kier alpha value is -3.45. The van der Waals surface area contributed by atoms with E-state index in [2.05, 4.69) is 5.32 Å². The Labute approximate surface area is 160 Å². The Morgan fingerprint density at radius 3 is 2.36 bits per heavy atom. The van der Waals surface area contributed by atoms with Gasteiger partial charge in [-0.1, -0.05) is 23.8 Å². The van der Waals surface area contributed by atoms with Crippen LogP contribution in [0.5, 0.6) is 0 Å². The molecule has 7 nitrogen and oxygen atoms in total. The van der Waals surface area contributed by atoms with Gasteiger partial charge in [0.15, 0.2) is 11.5 Å².